The van der Waals surface area contributed by atoms with E-state index in [1.165, 1.54) is 42.0 Å². The predicted molar refractivity (Wildman–Crippen MR) is 131 cm³/mol. The second kappa shape index (κ2) is 10.5. The third-order valence-corrected chi connectivity index (χ3v) is 6.15. The van der Waals surface area contributed by atoms with E-state index >= 15 is 0 Å². The highest BCUT2D eigenvalue weighted by Crippen LogP contribution is 2.32. The van der Waals surface area contributed by atoms with Gasteiger partial charge in [-0.3, -0.25) is 19.5 Å². The number of carbonyl (C=O) groups is 2. The molecular formula is C27H30N4O3. The number of aromatic nitrogens is 2. The van der Waals surface area contributed by atoms with Crippen molar-refractivity contribution in [2.24, 2.45) is 0 Å². The fourth-order valence-electron chi connectivity index (χ4n) is 4.61. The van der Waals surface area contributed by atoms with Crippen molar-refractivity contribution in [1.29, 1.82) is 0 Å². The Morgan fingerprint density at radius 3 is 2.29 bits per heavy atom. The number of amides is 2. The first-order chi connectivity index (χ1) is 16.4. The number of aromatic hydroxyl groups is 1. The van der Waals surface area contributed by atoms with Crippen LogP contribution in [0.4, 0.5) is 5.69 Å². The number of rotatable bonds is 6. The van der Waals surface area contributed by atoms with Crippen molar-refractivity contribution < 1.29 is 14.7 Å². The van der Waals surface area contributed by atoms with E-state index in [9.17, 15) is 14.7 Å². The zero-order chi connectivity index (χ0) is 24.1. The van der Waals surface area contributed by atoms with Crippen molar-refractivity contribution in [2.75, 3.05) is 4.90 Å². The number of nitrogens with zero attached hydrogens (tertiary/aromatic N) is 3. The van der Waals surface area contributed by atoms with Gasteiger partial charge in [0.15, 0.2) is 0 Å². The van der Waals surface area contributed by atoms with Crippen molar-refractivity contribution in [1.82, 2.24) is 15.3 Å². The Kier molecular flexibility index (Phi) is 7.21. The lowest BCUT2D eigenvalue weighted by Gasteiger charge is -2.33. The average Bonchev–Trinajstić information content (AvgIpc) is 2.83. The predicted octanol–water partition coefficient (Wildman–Crippen LogP) is 4.64. The molecule has 0 radical (unpaired) electrons. The Balaban J connectivity index is 1.83. The topological polar surface area (TPSA) is 95.4 Å². The maximum atomic E-state index is 13.8. The molecule has 0 bridgehead atoms. The Morgan fingerprint density at radius 2 is 1.68 bits per heavy atom. The molecule has 34 heavy (non-hydrogen) atoms. The minimum absolute atomic E-state index is 0.0774. The van der Waals surface area contributed by atoms with Crippen LogP contribution in [0.15, 0.2) is 61.1 Å². The summed E-state index contributed by atoms with van der Waals surface area (Å²) < 4.78 is 0. The highest BCUT2D eigenvalue weighted by Gasteiger charge is 2.35. The van der Waals surface area contributed by atoms with Crippen LogP contribution >= 0.6 is 0 Å². The van der Waals surface area contributed by atoms with Gasteiger partial charge in [0.1, 0.15) is 17.5 Å². The highest BCUT2D eigenvalue weighted by molar-refractivity contribution is 6.09. The van der Waals surface area contributed by atoms with E-state index in [1.54, 1.807) is 12.1 Å². The number of phenols is 1. The van der Waals surface area contributed by atoms with Gasteiger partial charge in [0, 0.05) is 24.1 Å². The summed E-state index contributed by atoms with van der Waals surface area (Å²) in [7, 11) is 0. The van der Waals surface area contributed by atoms with Crippen LogP contribution in [0.1, 0.15) is 65.3 Å². The first-order valence-corrected chi connectivity index (χ1v) is 11.7. The van der Waals surface area contributed by atoms with Gasteiger partial charge in [0.25, 0.3) is 5.91 Å². The molecule has 1 saturated carbocycles. The zero-order valence-electron chi connectivity index (χ0n) is 19.6. The average molecular weight is 459 g/mol. The van der Waals surface area contributed by atoms with Crippen molar-refractivity contribution in [3.8, 4) is 5.75 Å². The van der Waals surface area contributed by atoms with Gasteiger partial charge < -0.3 is 10.4 Å². The molecule has 176 valence electrons. The number of hydrogen-bond acceptors (Lipinski definition) is 5. The van der Waals surface area contributed by atoms with Crippen LogP contribution in [0.25, 0.3) is 0 Å². The molecule has 1 heterocycles. The van der Waals surface area contributed by atoms with Crippen LogP contribution in [-0.2, 0) is 4.79 Å². The van der Waals surface area contributed by atoms with Crippen LogP contribution < -0.4 is 10.2 Å². The SMILES string of the molecule is Cc1cc(C)cc(N(C(=O)c2cnccn2)C(C(=O)NC2CCCCC2)c2ccc(O)cc2)c1. The first kappa shape index (κ1) is 23.4. The second-order valence-electron chi connectivity index (χ2n) is 8.95. The molecule has 1 aliphatic carbocycles. The number of benzene rings is 2. The first-order valence-electron chi connectivity index (χ1n) is 11.7. The summed E-state index contributed by atoms with van der Waals surface area (Å²) >= 11 is 0. The van der Waals surface area contributed by atoms with Gasteiger partial charge in [-0.2, -0.15) is 0 Å². The molecule has 3 aromatic rings. The van der Waals surface area contributed by atoms with Crippen LogP contribution in [-0.4, -0.2) is 32.9 Å². The molecular weight excluding hydrogens is 428 g/mol. The Hall–Kier alpha value is -3.74. The van der Waals surface area contributed by atoms with Gasteiger partial charge in [-0.05, 0) is 67.6 Å². The molecule has 1 atom stereocenters. The molecule has 1 fully saturated rings. The summed E-state index contributed by atoms with van der Waals surface area (Å²) in [5, 5.41) is 13.0. The number of phenolic OH excluding ortho intramolecular Hbond substituents is 1. The monoisotopic (exact) mass is 458 g/mol. The van der Waals surface area contributed by atoms with Crippen molar-refractivity contribution in [3.63, 3.8) is 0 Å². The molecule has 2 N–H and O–H groups in total. The van der Waals surface area contributed by atoms with Gasteiger partial charge in [0.2, 0.25) is 5.91 Å². The fraction of sp³-hybridized carbons (Fsp3) is 0.333. The molecule has 0 aliphatic heterocycles. The minimum atomic E-state index is -0.946. The van der Waals surface area contributed by atoms with Crippen molar-refractivity contribution in [2.45, 2.75) is 58.0 Å². The van der Waals surface area contributed by atoms with E-state index in [1.807, 2.05) is 32.0 Å². The number of anilines is 1. The molecule has 4 rings (SSSR count). The third kappa shape index (κ3) is 5.42. The lowest BCUT2D eigenvalue weighted by molar-refractivity contribution is -0.123. The lowest BCUT2D eigenvalue weighted by atomic mass is 9.94. The quantitative estimate of drug-likeness (QED) is 0.561. The number of carbonyl (C=O) groups excluding carboxylic acids is 2. The normalized spacial score (nSPS) is 14.9. The fourth-order valence-corrected chi connectivity index (χ4v) is 4.61. The summed E-state index contributed by atoms with van der Waals surface area (Å²) in [5.74, 6) is -0.586. The largest absolute Gasteiger partial charge is 0.508 e. The highest BCUT2D eigenvalue weighted by atomic mass is 16.3. The number of nitrogens with one attached hydrogen (secondary N) is 1. The van der Waals surface area contributed by atoms with E-state index in [-0.39, 0.29) is 23.4 Å². The van der Waals surface area contributed by atoms with Crippen LogP contribution in [0, 0.1) is 13.8 Å². The van der Waals surface area contributed by atoms with Crippen molar-refractivity contribution in [3.05, 3.63) is 83.4 Å². The minimum Gasteiger partial charge on any atom is -0.508 e. The molecule has 2 aromatic carbocycles. The smallest absolute Gasteiger partial charge is 0.279 e. The molecule has 2 amide bonds. The Bertz CT molecular complexity index is 1120. The molecule has 7 nitrogen and oxygen atoms in total. The van der Waals surface area contributed by atoms with Gasteiger partial charge in [-0.15, -0.1) is 0 Å². The van der Waals surface area contributed by atoms with E-state index < -0.39 is 11.9 Å². The summed E-state index contributed by atoms with van der Waals surface area (Å²) in [6, 6.07) is 11.4. The summed E-state index contributed by atoms with van der Waals surface area (Å²) in [5.41, 5.74) is 3.30. The second-order valence-corrected chi connectivity index (χ2v) is 8.95. The molecule has 1 unspecified atom stereocenters. The van der Waals surface area contributed by atoms with Crippen LogP contribution in [0.3, 0.4) is 0 Å². The van der Waals surface area contributed by atoms with Crippen LogP contribution in [0.2, 0.25) is 0 Å². The van der Waals surface area contributed by atoms with E-state index in [2.05, 4.69) is 15.3 Å². The van der Waals surface area contributed by atoms with Gasteiger partial charge >= 0.3 is 0 Å². The zero-order valence-corrected chi connectivity index (χ0v) is 19.6. The summed E-state index contributed by atoms with van der Waals surface area (Å²) in [6.45, 7) is 3.91. The lowest BCUT2D eigenvalue weighted by Crippen LogP contribution is -2.47. The molecule has 0 spiro atoms. The van der Waals surface area contributed by atoms with E-state index in [0.717, 1.165) is 36.8 Å². The molecule has 1 aliphatic rings. The molecule has 1 aromatic heterocycles. The maximum Gasteiger partial charge on any atom is 0.279 e. The van der Waals surface area contributed by atoms with Gasteiger partial charge in [-0.25, -0.2) is 4.98 Å². The third-order valence-electron chi connectivity index (χ3n) is 6.15. The maximum absolute atomic E-state index is 13.8. The number of hydrogen-bond donors (Lipinski definition) is 2. The molecule has 0 saturated heterocycles. The van der Waals surface area contributed by atoms with Gasteiger partial charge in [0.05, 0.1) is 6.20 Å². The standard InChI is InChI=1S/C27H30N4O3/c1-18-14-19(2)16-22(15-18)31(27(34)24-17-28-12-13-29-24)25(20-8-10-23(32)11-9-20)26(33)30-21-6-4-3-5-7-21/h8-17,21,25,32H,3-7H2,1-2H3,(H,30,33). The van der Waals surface area contributed by atoms with Crippen molar-refractivity contribution >= 4 is 17.5 Å². The Morgan fingerprint density at radius 1 is 1.00 bits per heavy atom. The number of aryl methyl sites for hydroxylation is 2. The van der Waals surface area contributed by atoms with Crippen LogP contribution in [0.5, 0.6) is 5.75 Å². The summed E-state index contributed by atoms with van der Waals surface area (Å²) in [4.78, 5) is 37.4. The molecule has 7 heteroatoms. The van der Waals surface area contributed by atoms with E-state index in [0.29, 0.717) is 11.3 Å². The van der Waals surface area contributed by atoms with Gasteiger partial charge in [-0.1, -0.05) is 37.5 Å². The van der Waals surface area contributed by atoms with E-state index in [4.69, 9.17) is 0 Å². The summed E-state index contributed by atoms with van der Waals surface area (Å²) in [6.07, 6.45) is 9.56. The Labute approximate surface area is 199 Å².